The molecular weight excluding hydrogens is 368 g/mol. The number of carbonyl (C=O) groups excluding carboxylic acids is 1. The summed E-state index contributed by atoms with van der Waals surface area (Å²) in [4.78, 5) is 19.4. The highest BCUT2D eigenvalue weighted by molar-refractivity contribution is 5.76. The highest BCUT2D eigenvalue weighted by Gasteiger charge is 2.32. The van der Waals surface area contributed by atoms with E-state index in [0.29, 0.717) is 25.3 Å². The molecule has 0 spiro atoms. The Morgan fingerprint density at radius 2 is 2.10 bits per heavy atom. The number of fused-ring (bicyclic) bond motifs is 1. The number of aromatic nitrogens is 5. The molecule has 0 bridgehead atoms. The summed E-state index contributed by atoms with van der Waals surface area (Å²) in [6.45, 7) is 3.18. The number of carbonyl (C=O) groups is 1. The van der Waals surface area contributed by atoms with Crippen molar-refractivity contribution < 1.29 is 9.53 Å². The van der Waals surface area contributed by atoms with Gasteiger partial charge in [0.2, 0.25) is 5.91 Å². The molecule has 2 aromatic heterocycles. The molecular formula is C21H26N6O2. The van der Waals surface area contributed by atoms with E-state index < -0.39 is 0 Å². The van der Waals surface area contributed by atoms with Crippen molar-refractivity contribution in [3.8, 4) is 5.75 Å². The van der Waals surface area contributed by atoms with Gasteiger partial charge in [-0.05, 0) is 30.5 Å². The molecule has 2 N–H and O–H groups in total. The molecule has 3 heterocycles. The van der Waals surface area contributed by atoms with Gasteiger partial charge in [-0.25, -0.2) is 4.98 Å². The topological polar surface area (TPSA) is 99.8 Å². The molecule has 1 amide bonds. The van der Waals surface area contributed by atoms with Gasteiger partial charge in [0.1, 0.15) is 11.6 Å². The van der Waals surface area contributed by atoms with E-state index >= 15 is 0 Å². The molecule has 1 aliphatic heterocycles. The van der Waals surface area contributed by atoms with Crippen LogP contribution >= 0.6 is 0 Å². The largest absolute Gasteiger partial charge is 0.497 e. The number of nitrogens with zero attached hydrogens (tertiary/aromatic N) is 4. The van der Waals surface area contributed by atoms with Crippen LogP contribution in [0.25, 0.3) is 0 Å². The number of aromatic amines is 2. The Hall–Kier alpha value is -3.16. The van der Waals surface area contributed by atoms with E-state index in [1.54, 1.807) is 13.3 Å². The van der Waals surface area contributed by atoms with Crippen LogP contribution in [0.1, 0.15) is 54.2 Å². The van der Waals surface area contributed by atoms with Crippen molar-refractivity contribution in [2.24, 2.45) is 0 Å². The van der Waals surface area contributed by atoms with Crippen molar-refractivity contribution in [2.75, 3.05) is 13.7 Å². The first-order chi connectivity index (χ1) is 14.2. The molecule has 0 radical (unpaired) electrons. The number of rotatable bonds is 7. The van der Waals surface area contributed by atoms with E-state index in [0.717, 1.165) is 42.1 Å². The Labute approximate surface area is 169 Å². The average Bonchev–Trinajstić information content (AvgIpc) is 3.42. The van der Waals surface area contributed by atoms with Crippen molar-refractivity contribution in [3.63, 3.8) is 0 Å². The van der Waals surface area contributed by atoms with Gasteiger partial charge >= 0.3 is 0 Å². The predicted molar refractivity (Wildman–Crippen MR) is 108 cm³/mol. The number of H-pyrrole nitrogens is 2. The lowest BCUT2D eigenvalue weighted by atomic mass is 9.95. The maximum atomic E-state index is 12.9. The lowest BCUT2D eigenvalue weighted by Crippen LogP contribution is -2.38. The van der Waals surface area contributed by atoms with Crippen molar-refractivity contribution >= 4 is 5.91 Å². The first kappa shape index (κ1) is 19.2. The van der Waals surface area contributed by atoms with Gasteiger partial charge in [-0.1, -0.05) is 19.1 Å². The maximum Gasteiger partial charge on any atom is 0.222 e. The van der Waals surface area contributed by atoms with Gasteiger partial charge < -0.3 is 9.64 Å². The van der Waals surface area contributed by atoms with Crippen LogP contribution in [-0.2, 0) is 24.2 Å². The van der Waals surface area contributed by atoms with Crippen LogP contribution in [0, 0.1) is 0 Å². The summed E-state index contributed by atoms with van der Waals surface area (Å²) in [7, 11) is 1.66. The fourth-order valence-corrected chi connectivity index (χ4v) is 3.75. The lowest BCUT2D eigenvalue weighted by Gasteiger charge is -2.31. The van der Waals surface area contributed by atoms with E-state index in [1.165, 1.54) is 5.56 Å². The smallest absolute Gasteiger partial charge is 0.222 e. The van der Waals surface area contributed by atoms with E-state index in [1.807, 2.05) is 36.1 Å². The number of methoxy groups -OCH3 is 1. The van der Waals surface area contributed by atoms with Crippen LogP contribution in [0.3, 0.4) is 0 Å². The number of hydrogen-bond donors (Lipinski definition) is 2. The third-order valence-corrected chi connectivity index (χ3v) is 5.43. The summed E-state index contributed by atoms with van der Waals surface area (Å²) in [6.07, 6.45) is 4.78. The number of benzene rings is 1. The minimum Gasteiger partial charge on any atom is -0.497 e. The van der Waals surface area contributed by atoms with Gasteiger partial charge in [-0.15, -0.1) is 0 Å². The van der Waals surface area contributed by atoms with Gasteiger partial charge in [0.05, 0.1) is 24.9 Å². The normalized spacial score (nSPS) is 15.9. The monoisotopic (exact) mass is 394 g/mol. The van der Waals surface area contributed by atoms with Crippen LogP contribution in [0.4, 0.5) is 0 Å². The first-order valence-corrected chi connectivity index (χ1v) is 10.0. The van der Waals surface area contributed by atoms with Crippen molar-refractivity contribution in [1.82, 2.24) is 30.3 Å². The van der Waals surface area contributed by atoms with Crippen LogP contribution in [0.2, 0.25) is 0 Å². The van der Waals surface area contributed by atoms with Crippen molar-refractivity contribution in [1.29, 1.82) is 0 Å². The molecule has 1 aliphatic rings. The Morgan fingerprint density at radius 3 is 2.83 bits per heavy atom. The van der Waals surface area contributed by atoms with Crippen LogP contribution < -0.4 is 4.74 Å². The molecule has 1 aromatic carbocycles. The Kier molecular flexibility index (Phi) is 5.59. The van der Waals surface area contributed by atoms with Gasteiger partial charge in [0.15, 0.2) is 5.82 Å². The lowest BCUT2D eigenvalue weighted by molar-refractivity contribution is -0.132. The molecule has 1 unspecified atom stereocenters. The molecule has 8 nitrogen and oxygen atoms in total. The molecule has 3 aromatic rings. The number of aryl methyl sites for hydroxylation is 2. The van der Waals surface area contributed by atoms with Gasteiger partial charge in [0.25, 0.3) is 0 Å². The van der Waals surface area contributed by atoms with Crippen molar-refractivity contribution in [3.05, 3.63) is 58.9 Å². The summed E-state index contributed by atoms with van der Waals surface area (Å²) in [5.41, 5.74) is 3.25. The summed E-state index contributed by atoms with van der Waals surface area (Å²) in [5.74, 6) is 2.48. The maximum absolute atomic E-state index is 12.9. The van der Waals surface area contributed by atoms with Gasteiger partial charge in [-0.3, -0.25) is 15.0 Å². The fraction of sp³-hybridized carbons (Fsp3) is 0.429. The molecule has 0 saturated carbocycles. The van der Waals surface area contributed by atoms with Gasteiger partial charge in [0, 0.05) is 31.5 Å². The first-order valence-electron chi connectivity index (χ1n) is 10.0. The molecule has 4 rings (SSSR count). The number of hydrogen-bond acceptors (Lipinski definition) is 5. The fourth-order valence-electron chi connectivity index (χ4n) is 3.75. The average molecular weight is 394 g/mol. The van der Waals surface area contributed by atoms with E-state index in [9.17, 15) is 4.79 Å². The van der Waals surface area contributed by atoms with Crippen LogP contribution in [0.5, 0.6) is 5.75 Å². The molecule has 29 heavy (non-hydrogen) atoms. The van der Waals surface area contributed by atoms with Gasteiger partial charge in [-0.2, -0.15) is 10.2 Å². The second kappa shape index (κ2) is 8.46. The highest BCUT2D eigenvalue weighted by Crippen LogP contribution is 2.30. The third kappa shape index (κ3) is 4.16. The zero-order valence-corrected chi connectivity index (χ0v) is 16.8. The Bertz CT molecular complexity index is 962. The van der Waals surface area contributed by atoms with Crippen LogP contribution in [-0.4, -0.2) is 49.8 Å². The summed E-state index contributed by atoms with van der Waals surface area (Å²) >= 11 is 0. The number of ether oxygens (including phenoxy) is 1. The SMILES string of the molecule is CCc1nc(C2CN(C(=O)CCCc3ccc(OC)cc3)Cc3cn[nH]c32)n[nH]1. The highest BCUT2D eigenvalue weighted by atomic mass is 16.5. The minimum absolute atomic E-state index is 0.0802. The molecule has 152 valence electrons. The molecule has 0 saturated heterocycles. The molecule has 0 aliphatic carbocycles. The minimum atomic E-state index is -0.0802. The second-order valence-corrected chi connectivity index (χ2v) is 7.33. The van der Waals surface area contributed by atoms with Crippen molar-refractivity contribution in [2.45, 2.75) is 45.1 Å². The number of amides is 1. The van der Waals surface area contributed by atoms with E-state index in [2.05, 4.69) is 25.4 Å². The quantitative estimate of drug-likeness (QED) is 0.642. The summed E-state index contributed by atoms with van der Waals surface area (Å²) < 4.78 is 5.19. The summed E-state index contributed by atoms with van der Waals surface area (Å²) in [6, 6.07) is 8.00. The zero-order valence-electron chi connectivity index (χ0n) is 16.8. The molecule has 0 fully saturated rings. The Morgan fingerprint density at radius 1 is 1.28 bits per heavy atom. The standard InChI is InChI=1S/C21H26N6O2/c1-3-18-23-21(26-24-18)17-13-27(12-15-11-22-25-20(15)17)19(28)6-4-5-14-7-9-16(29-2)10-8-14/h7-11,17H,3-6,12-13H2,1-2H3,(H,22,25)(H,23,24,26). The van der Waals surface area contributed by atoms with Crippen LogP contribution in [0.15, 0.2) is 30.5 Å². The second-order valence-electron chi connectivity index (χ2n) is 7.33. The number of nitrogens with one attached hydrogen (secondary N) is 2. The Balaban J connectivity index is 1.39. The molecule has 1 atom stereocenters. The van der Waals surface area contributed by atoms with E-state index in [-0.39, 0.29) is 11.8 Å². The summed E-state index contributed by atoms with van der Waals surface area (Å²) in [5, 5.41) is 14.6. The predicted octanol–water partition coefficient (Wildman–Crippen LogP) is 2.60. The zero-order chi connectivity index (χ0) is 20.2. The third-order valence-electron chi connectivity index (χ3n) is 5.43. The van der Waals surface area contributed by atoms with E-state index in [4.69, 9.17) is 4.74 Å². The molecule has 8 heteroatoms.